The zero-order valence-electron chi connectivity index (χ0n) is 10.8. The Bertz CT molecular complexity index is 446. The molecule has 5 nitrogen and oxygen atoms in total. The fourth-order valence-corrected chi connectivity index (χ4v) is 1.93. The Morgan fingerprint density at radius 2 is 2.22 bits per heavy atom. The van der Waals surface area contributed by atoms with Gasteiger partial charge in [0.2, 0.25) is 5.91 Å². The molecule has 98 valence electrons. The van der Waals surface area contributed by atoms with Crippen molar-refractivity contribution < 1.29 is 9.53 Å². The number of nitrogen functional groups attached to an aromatic ring is 1. The van der Waals surface area contributed by atoms with Gasteiger partial charge in [-0.1, -0.05) is 0 Å². The van der Waals surface area contributed by atoms with E-state index in [2.05, 4.69) is 5.32 Å². The Morgan fingerprint density at radius 1 is 1.44 bits per heavy atom. The first-order chi connectivity index (χ1) is 8.56. The molecule has 0 atom stereocenters. The van der Waals surface area contributed by atoms with Crippen molar-refractivity contribution in [3.63, 3.8) is 0 Å². The molecule has 0 aliphatic carbocycles. The molecule has 3 N–H and O–H groups in total. The van der Waals surface area contributed by atoms with Crippen LogP contribution in [0.25, 0.3) is 0 Å². The molecule has 0 unspecified atom stereocenters. The Morgan fingerprint density at radius 3 is 2.89 bits per heavy atom. The quantitative estimate of drug-likeness (QED) is 0.784. The van der Waals surface area contributed by atoms with Gasteiger partial charge < -0.3 is 20.7 Å². The van der Waals surface area contributed by atoms with Gasteiger partial charge in [0.15, 0.2) is 0 Å². The SMILES string of the molecule is CC(C)Oc1cc(N2CCNC(=O)C2)ccc1N. The van der Waals surface area contributed by atoms with Crippen LogP contribution in [0.5, 0.6) is 5.75 Å². The Labute approximate surface area is 107 Å². The van der Waals surface area contributed by atoms with Gasteiger partial charge in [-0.05, 0) is 26.0 Å². The van der Waals surface area contributed by atoms with Gasteiger partial charge in [0, 0.05) is 24.8 Å². The van der Waals surface area contributed by atoms with Crippen LogP contribution in [0.3, 0.4) is 0 Å². The first kappa shape index (κ1) is 12.5. The van der Waals surface area contributed by atoms with Crippen LogP contribution in [0.4, 0.5) is 11.4 Å². The minimum atomic E-state index is 0.0457. The zero-order chi connectivity index (χ0) is 13.1. The van der Waals surface area contributed by atoms with Crippen LogP contribution in [-0.2, 0) is 4.79 Å². The summed E-state index contributed by atoms with van der Waals surface area (Å²) in [7, 11) is 0. The van der Waals surface area contributed by atoms with Crippen molar-refractivity contribution in [1.82, 2.24) is 5.32 Å². The third kappa shape index (κ3) is 2.85. The van der Waals surface area contributed by atoms with Crippen molar-refractivity contribution in [2.24, 2.45) is 0 Å². The van der Waals surface area contributed by atoms with E-state index in [1.54, 1.807) is 0 Å². The number of nitrogens with two attached hydrogens (primary N) is 1. The minimum Gasteiger partial charge on any atom is -0.489 e. The molecule has 0 aromatic heterocycles. The highest BCUT2D eigenvalue weighted by Crippen LogP contribution is 2.28. The van der Waals surface area contributed by atoms with E-state index >= 15 is 0 Å². The highest BCUT2D eigenvalue weighted by atomic mass is 16.5. The second kappa shape index (κ2) is 5.16. The van der Waals surface area contributed by atoms with Gasteiger partial charge in [-0.15, -0.1) is 0 Å². The molecule has 2 rings (SSSR count). The van der Waals surface area contributed by atoms with Crippen LogP contribution >= 0.6 is 0 Å². The van der Waals surface area contributed by atoms with Crippen molar-refractivity contribution in [2.45, 2.75) is 20.0 Å². The molecule has 0 spiro atoms. The van der Waals surface area contributed by atoms with E-state index in [9.17, 15) is 4.79 Å². The molecule has 1 saturated heterocycles. The minimum absolute atomic E-state index is 0.0457. The molecule has 18 heavy (non-hydrogen) atoms. The highest BCUT2D eigenvalue weighted by Gasteiger charge is 2.17. The molecule has 1 aromatic rings. The Balaban J connectivity index is 2.20. The molecule has 1 aliphatic rings. The number of carbonyl (C=O) groups excluding carboxylic acids is 1. The second-order valence-electron chi connectivity index (χ2n) is 4.66. The predicted molar refractivity (Wildman–Crippen MR) is 71.8 cm³/mol. The number of ether oxygens (including phenoxy) is 1. The molecule has 1 aliphatic heterocycles. The fraction of sp³-hybridized carbons (Fsp3) is 0.462. The van der Waals surface area contributed by atoms with Crippen molar-refractivity contribution in [2.75, 3.05) is 30.3 Å². The summed E-state index contributed by atoms with van der Waals surface area (Å²) < 4.78 is 5.65. The lowest BCUT2D eigenvalue weighted by Crippen LogP contribution is -2.47. The monoisotopic (exact) mass is 249 g/mol. The average Bonchev–Trinajstić information content (AvgIpc) is 2.31. The Hall–Kier alpha value is -1.91. The molecule has 1 aromatic carbocycles. The number of nitrogens with one attached hydrogen (secondary N) is 1. The summed E-state index contributed by atoms with van der Waals surface area (Å²) in [6.07, 6.45) is 0.0761. The maximum atomic E-state index is 11.4. The number of hydrogen-bond donors (Lipinski definition) is 2. The molecule has 1 amide bonds. The third-order valence-electron chi connectivity index (χ3n) is 2.76. The van der Waals surface area contributed by atoms with E-state index in [1.165, 1.54) is 0 Å². The summed E-state index contributed by atoms with van der Waals surface area (Å²) in [5.74, 6) is 0.720. The van der Waals surface area contributed by atoms with Crippen molar-refractivity contribution in [3.05, 3.63) is 18.2 Å². The molecule has 1 heterocycles. The van der Waals surface area contributed by atoms with Gasteiger partial charge in [-0.2, -0.15) is 0 Å². The fourth-order valence-electron chi connectivity index (χ4n) is 1.93. The van der Waals surface area contributed by atoms with Gasteiger partial charge >= 0.3 is 0 Å². The number of rotatable bonds is 3. The van der Waals surface area contributed by atoms with Gasteiger partial charge in [0.1, 0.15) is 5.75 Å². The zero-order valence-corrected chi connectivity index (χ0v) is 10.8. The summed E-state index contributed by atoms with van der Waals surface area (Å²) in [5.41, 5.74) is 7.46. The largest absolute Gasteiger partial charge is 0.489 e. The first-order valence-corrected chi connectivity index (χ1v) is 6.14. The molecule has 0 saturated carbocycles. The number of anilines is 2. The maximum Gasteiger partial charge on any atom is 0.239 e. The maximum absolute atomic E-state index is 11.4. The van der Waals surface area contributed by atoms with Crippen LogP contribution in [0.2, 0.25) is 0 Å². The lowest BCUT2D eigenvalue weighted by atomic mass is 10.2. The van der Waals surface area contributed by atoms with E-state index in [0.29, 0.717) is 24.5 Å². The van der Waals surface area contributed by atoms with Crippen molar-refractivity contribution >= 4 is 17.3 Å². The van der Waals surface area contributed by atoms with Crippen molar-refractivity contribution in [3.8, 4) is 5.75 Å². The molecule has 0 radical (unpaired) electrons. The van der Waals surface area contributed by atoms with E-state index in [-0.39, 0.29) is 12.0 Å². The summed E-state index contributed by atoms with van der Waals surface area (Å²) in [6, 6.07) is 5.63. The van der Waals surface area contributed by atoms with E-state index in [4.69, 9.17) is 10.5 Å². The summed E-state index contributed by atoms with van der Waals surface area (Å²) in [5, 5.41) is 2.80. The summed E-state index contributed by atoms with van der Waals surface area (Å²) >= 11 is 0. The van der Waals surface area contributed by atoms with Gasteiger partial charge in [0.05, 0.1) is 18.3 Å². The number of piperazine rings is 1. The number of nitrogens with zero attached hydrogens (tertiary/aromatic N) is 1. The van der Waals surface area contributed by atoms with Gasteiger partial charge in [0.25, 0.3) is 0 Å². The van der Waals surface area contributed by atoms with Crippen LogP contribution in [0.1, 0.15) is 13.8 Å². The predicted octanol–water partition coefficient (Wildman–Crippen LogP) is 0.992. The first-order valence-electron chi connectivity index (χ1n) is 6.14. The molecule has 0 bridgehead atoms. The second-order valence-corrected chi connectivity index (χ2v) is 4.66. The molecule has 1 fully saturated rings. The number of hydrogen-bond acceptors (Lipinski definition) is 4. The van der Waals surface area contributed by atoms with Gasteiger partial charge in [-0.3, -0.25) is 4.79 Å². The lowest BCUT2D eigenvalue weighted by molar-refractivity contribution is -0.120. The van der Waals surface area contributed by atoms with E-state index < -0.39 is 0 Å². The smallest absolute Gasteiger partial charge is 0.239 e. The molecule has 5 heteroatoms. The van der Waals surface area contributed by atoms with Crippen LogP contribution in [-0.4, -0.2) is 31.6 Å². The Kier molecular flexibility index (Phi) is 3.60. The molecular weight excluding hydrogens is 230 g/mol. The van der Waals surface area contributed by atoms with E-state index in [0.717, 1.165) is 12.2 Å². The van der Waals surface area contributed by atoms with Crippen LogP contribution < -0.4 is 20.7 Å². The summed E-state index contributed by atoms with van der Waals surface area (Å²) in [6.45, 7) is 5.77. The normalized spacial score (nSPS) is 15.7. The number of benzene rings is 1. The number of carbonyl (C=O) groups is 1. The van der Waals surface area contributed by atoms with Crippen LogP contribution in [0.15, 0.2) is 18.2 Å². The van der Waals surface area contributed by atoms with Crippen LogP contribution in [0, 0.1) is 0 Å². The topological polar surface area (TPSA) is 67.6 Å². The van der Waals surface area contributed by atoms with Crippen molar-refractivity contribution in [1.29, 1.82) is 0 Å². The molecular formula is C13H19N3O2. The number of amides is 1. The lowest BCUT2D eigenvalue weighted by Gasteiger charge is -2.29. The van der Waals surface area contributed by atoms with E-state index in [1.807, 2.05) is 36.9 Å². The third-order valence-corrected chi connectivity index (χ3v) is 2.76. The average molecular weight is 249 g/mol. The highest BCUT2D eigenvalue weighted by molar-refractivity contribution is 5.83. The van der Waals surface area contributed by atoms with Gasteiger partial charge in [-0.25, -0.2) is 0 Å². The standard InChI is InChI=1S/C13H19N3O2/c1-9(2)18-12-7-10(3-4-11(12)14)16-6-5-15-13(17)8-16/h3-4,7,9H,5-6,8,14H2,1-2H3,(H,15,17). The summed E-state index contributed by atoms with van der Waals surface area (Å²) in [4.78, 5) is 13.4.